The summed E-state index contributed by atoms with van der Waals surface area (Å²) in [6.07, 6.45) is -7.97. The van der Waals surface area contributed by atoms with E-state index in [9.17, 15) is 26.7 Å². The zero-order chi connectivity index (χ0) is 12.5. The summed E-state index contributed by atoms with van der Waals surface area (Å²) in [6.45, 7) is 0. The molecule has 8 heteroatoms. The molecule has 0 fully saturated rings. The Morgan fingerprint density at radius 3 is 2.31 bits per heavy atom. The van der Waals surface area contributed by atoms with E-state index in [-0.39, 0.29) is 9.86 Å². The van der Waals surface area contributed by atoms with Crippen LogP contribution in [0.1, 0.15) is 28.2 Å². The first-order valence-electron chi connectivity index (χ1n) is 3.78. The van der Waals surface area contributed by atoms with Gasteiger partial charge in [0.25, 0.3) is 6.43 Å². The van der Waals surface area contributed by atoms with Crippen LogP contribution in [0.5, 0.6) is 0 Å². The lowest BCUT2D eigenvalue weighted by Crippen LogP contribution is -2.12. The third kappa shape index (κ3) is 2.66. The van der Waals surface area contributed by atoms with E-state index in [2.05, 4.69) is 4.98 Å². The van der Waals surface area contributed by atoms with Gasteiger partial charge in [0, 0.05) is 3.57 Å². The molecule has 1 aromatic rings. The van der Waals surface area contributed by atoms with Crippen LogP contribution in [0.4, 0.5) is 22.0 Å². The monoisotopic (exact) mass is 351 g/mol. The van der Waals surface area contributed by atoms with E-state index in [0.717, 1.165) is 0 Å². The summed E-state index contributed by atoms with van der Waals surface area (Å²) in [6, 6.07) is 0.552. The maximum atomic E-state index is 12.4. The molecule has 0 atom stereocenters. The minimum Gasteiger partial charge on any atom is -0.298 e. The minimum absolute atomic E-state index is 0.0659. The van der Waals surface area contributed by atoms with E-state index in [1.807, 2.05) is 0 Å². The first-order valence-corrected chi connectivity index (χ1v) is 4.86. The summed E-state index contributed by atoms with van der Waals surface area (Å²) in [5.74, 6) is 0. The molecule has 0 N–H and O–H groups in total. The topological polar surface area (TPSA) is 30.0 Å². The van der Waals surface area contributed by atoms with E-state index < -0.39 is 29.6 Å². The molecular formula is C8H3F5INO. The summed E-state index contributed by atoms with van der Waals surface area (Å²) in [5, 5.41) is 0. The molecular weight excluding hydrogens is 348 g/mol. The molecule has 2 nitrogen and oxygen atoms in total. The number of rotatable bonds is 2. The van der Waals surface area contributed by atoms with Gasteiger partial charge in [0.1, 0.15) is 11.4 Å². The van der Waals surface area contributed by atoms with Crippen LogP contribution in [0.2, 0.25) is 0 Å². The average Bonchev–Trinajstić information content (AvgIpc) is 2.14. The molecule has 0 saturated heterocycles. The van der Waals surface area contributed by atoms with Gasteiger partial charge in [-0.2, -0.15) is 13.2 Å². The molecule has 0 unspecified atom stereocenters. The predicted octanol–water partition coefficient (Wildman–Crippen LogP) is 3.46. The first kappa shape index (κ1) is 13.3. The lowest BCUT2D eigenvalue weighted by atomic mass is 10.2. The second-order valence-electron chi connectivity index (χ2n) is 2.70. The van der Waals surface area contributed by atoms with Crippen LogP contribution >= 0.6 is 22.6 Å². The van der Waals surface area contributed by atoms with Gasteiger partial charge in [-0.25, -0.2) is 13.8 Å². The third-order valence-electron chi connectivity index (χ3n) is 1.65. The maximum absolute atomic E-state index is 12.4. The molecule has 88 valence electrons. The lowest BCUT2D eigenvalue weighted by Gasteiger charge is -2.10. The van der Waals surface area contributed by atoms with Crippen LogP contribution < -0.4 is 0 Å². The minimum atomic E-state index is -4.81. The Hall–Kier alpha value is -0.800. The fraction of sp³-hybridized carbons (Fsp3) is 0.250. The van der Waals surface area contributed by atoms with Gasteiger partial charge in [-0.1, -0.05) is 0 Å². The van der Waals surface area contributed by atoms with Crippen LogP contribution in [0.25, 0.3) is 0 Å². The Labute approximate surface area is 100.0 Å². The number of aldehydes is 1. The SMILES string of the molecule is O=Cc1c(I)cc(C(F)(F)F)nc1C(F)F. The standard InChI is InChI=1S/C8H3F5INO/c9-7(10)6-3(2-16)4(14)1-5(15-6)8(11,12)13/h1-2,7H. The fourth-order valence-corrected chi connectivity index (χ4v) is 1.67. The van der Waals surface area contributed by atoms with Crippen LogP contribution in [-0.4, -0.2) is 11.3 Å². The van der Waals surface area contributed by atoms with Gasteiger partial charge in [0.15, 0.2) is 6.29 Å². The van der Waals surface area contributed by atoms with Crippen molar-refractivity contribution in [2.45, 2.75) is 12.6 Å². The Morgan fingerprint density at radius 1 is 1.38 bits per heavy atom. The largest absolute Gasteiger partial charge is 0.433 e. The average molecular weight is 351 g/mol. The van der Waals surface area contributed by atoms with E-state index >= 15 is 0 Å². The first-order chi connectivity index (χ1) is 7.27. The second-order valence-corrected chi connectivity index (χ2v) is 3.87. The van der Waals surface area contributed by atoms with E-state index in [0.29, 0.717) is 6.07 Å². The molecule has 0 amide bonds. The van der Waals surface area contributed by atoms with Gasteiger partial charge in [-0.3, -0.25) is 4.79 Å². The molecule has 1 aromatic heterocycles. The zero-order valence-corrected chi connectivity index (χ0v) is 9.51. The van der Waals surface area contributed by atoms with Crippen LogP contribution in [0.3, 0.4) is 0 Å². The molecule has 0 spiro atoms. The van der Waals surface area contributed by atoms with Crippen molar-refractivity contribution < 1.29 is 26.7 Å². The number of aromatic nitrogens is 1. The smallest absolute Gasteiger partial charge is 0.298 e. The Bertz CT molecular complexity index is 418. The molecule has 0 aliphatic heterocycles. The van der Waals surface area contributed by atoms with Crippen molar-refractivity contribution in [2.75, 3.05) is 0 Å². The van der Waals surface area contributed by atoms with Crippen molar-refractivity contribution in [1.29, 1.82) is 0 Å². The number of hydrogen-bond acceptors (Lipinski definition) is 2. The number of nitrogens with zero attached hydrogens (tertiary/aromatic N) is 1. The van der Waals surface area contributed by atoms with Crippen molar-refractivity contribution in [2.24, 2.45) is 0 Å². The summed E-state index contributed by atoms with van der Waals surface area (Å²) in [7, 11) is 0. The van der Waals surface area contributed by atoms with Crippen molar-refractivity contribution in [3.05, 3.63) is 26.6 Å². The van der Waals surface area contributed by atoms with Gasteiger partial charge in [0.05, 0.1) is 5.56 Å². The molecule has 1 rings (SSSR count). The summed E-state index contributed by atoms with van der Waals surface area (Å²) in [5.41, 5.74) is -3.09. The van der Waals surface area contributed by atoms with Gasteiger partial charge >= 0.3 is 6.18 Å². The highest BCUT2D eigenvalue weighted by atomic mass is 127. The molecule has 0 radical (unpaired) electrons. The highest BCUT2D eigenvalue weighted by molar-refractivity contribution is 14.1. The molecule has 0 aliphatic carbocycles. The molecule has 1 heterocycles. The van der Waals surface area contributed by atoms with Gasteiger partial charge in [-0.15, -0.1) is 0 Å². The molecule has 0 bridgehead atoms. The Balaban J connectivity index is 3.46. The Morgan fingerprint density at radius 2 is 1.94 bits per heavy atom. The van der Waals surface area contributed by atoms with Crippen LogP contribution in [0, 0.1) is 3.57 Å². The van der Waals surface area contributed by atoms with E-state index in [1.54, 1.807) is 0 Å². The molecule has 0 saturated carbocycles. The highest BCUT2D eigenvalue weighted by Gasteiger charge is 2.35. The number of pyridine rings is 1. The van der Waals surface area contributed by atoms with Crippen molar-refractivity contribution in [3.8, 4) is 0 Å². The molecule has 0 aliphatic rings. The number of halogens is 6. The van der Waals surface area contributed by atoms with Crippen LogP contribution in [0.15, 0.2) is 6.07 Å². The van der Waals surface area contributed by atoms with E-state index in [1.165, 1.54) is 22.6 Å². The second kappa shape index (κ2) is 4.60. The van der Waals surface area contributed by atoms with Gasteiger partial charge in [-0.05, 0) is 28.7 Å². The summed E-state index contributed by atoms with van der Waals surface area (Å²) < 4.78 is 61.3. The summed E-state index contributed by atoms with van der Waals surface area (Å²) in [4.78, 5) is 13.2. The quantitative estimate of drug-likeness (QED) is 0.464. The van der Waals surface area contributed by atoms with Gasteiger partial charge in [0.2, 0.25) is 0 Å². The number of carbonyl (C=O) groups excluding carboxylic acids is 1. The van der Waals surface area contributed by atoms with Crippen molar-refractivity contribution in [1.82, 2.24) is 4.98 Å². The Kier molecular flexibility index (Phi) is 3.81. The van der Waals surface area contributed by atoms with Crippen molar-refractivity contribution in [3.63, 3.8) is 0 Å². The summed E-state index contributed by atoms with van der Waals surface area (Å²) >= 11 is 1.38. The lowest BCUT2D eigenvalue weighted by molar-refractivity contribution is -0.141. The van der Waals surface area contributed by atoms with E-state index in [4.69, 9.17) is 0 Å². The molecule has 0 aromatic carbocycles. The normalized spacial score (nSPS) is 11.9. The zero-order valence-electron chi connectivity index (χ0n) is 7.36. The van der Waals surface area contributed by atoms with Gasteiger partial charge < -0.3 is 0 Å². The maximum Gasteiger partial charge on any atom is 0.433 e. The number of hydrogen-bond donors (Lipinski definition) is 0. The van der Waals surface area contributed by atoms with Crippen LogP contribution in [-0.2, 0) is 6.18 Å². The molecule has 16 heavy (non-hydrogen) atoms. The highest BCUT2D eigenvalue weighted by Crippen LogP contribution is 2.32. The number of carbonyl (C=O) groups is 1. The predicted molar refractivity (Wildman–Crippen MR) is 52.3 cm³/mol. The van der Waals surface area contributed by atoms with Crippen molar-refractivity contribution >= 4 is 28.9 Å². The number of alkyl halides is 5. The third-order valence-corrected chi connectivity index (χ3v) is 2.55. The fourth-order valence-electron chi connectivity index (χ4n) is 0.971.